The van der Waals surface area contributed by atoms with E-state index in [0.717, 1.165) is 25.7 Å². The molecule has 0 bridgehead atoms. The first-order valence-electron chi connectivity index (χ1n) is 8.86. The Morgan fingerprint density at radius 3 is 0.419 bits per heavy atom. The molecule has 0 aromatic carbocycles. The molecule has 0 N–H and O–H groups in total. The molecule has 0 aliphatic heterocycles. The van der Waals surface area contributed by atoms with Crippen LogP contribution in [0.25, 0.3) is 0 Å². The van der Waals surface area contributed by atoms with E-state index in [1.165, 1.54) is 44.9 Å². The minimum absolute atomic E-state index is 0. The molecule has 12 nitrogen and oxygen atoms in total. The summed E-state index contributed by atoms with van der Waals surface area (Å²) < 4.78 is 90.0. The van der Waals surface area contributed by atoms with Crippen molar-refractivity contribution in [3.8, 4) is 23.7 Å². The number of hydrogen-bond donors (Lipinski definition) is 0. The van der Waals surface area contributed by atoms with Gasteiger partial charge in [0, 0.05) is 92.8 Å². The number of rotatable bonds is 0. The van der Waals surface area contributed by atoms with Gasteiger partial charge in [0.25, 0.3) is 0 Å². The van der Waals surface area contributed by atoms with Gasteiger partial charge >= 0.3 is 136 Å². The molecule has 0 unspecified atom stereocenters. The van der Waals surface area contributed by atoms with Gasteiger partial charge in [0.05, 0.1) is 0 Å². The Bertz CT molecular complexity index is 594. The van der Waals surface area contributed by atoms with E-state index in [2.05, 4.69) is 103 Å². The molecule has 238 valence electrons. The Balaban J connectivity index is -0.0000000160. The summed E-state index contributed by atoms with van der Waals surface area (Å²) >= 11 is 0. The average Bonchev–Trinajstić information content (AvgIpc) is 3.12. The predicted octanol–water partition coefficient (Wildman–Crippen LogP) is 3.84. The fourth-order valence-corrected chi connectivity index (χ4v) is 1.74. The van der Waals surface area contributed by atoms with Crippen molar-refractivity contribution in [1.82, 2.24) is 0 Å². The monoisotopic (exact) mass is 774 g/mol. The molecule has 0 heterocycles. The first kappa shape index (κ1) is 105. The second-order valence-electron chi connectivity index (χ2n) is 4.18. The van der Waals surface area contributed by atoms with Crippen LogP contribution in [0, 0.1) is 103 Å². The molecule has 1 aliphatic carbocycles. The van der Waals surface area contributed by atoms with Crippen molar-refractivity contribution in [2.24, 2.45) is 0 Å². The Morgan fingerprint density at radius 2 is 0.302 bits per heavy atom. The van der Waals surface area contributed by atoms with E-state index in [-0.39, 0.29) is 67.1 Å². The predicted molar refractivity (Wildman–Crippen MR) is 113 cm³/mol. The van der Waals surface area contributed by atoms with Crippen molar-refractivity contribution >= 4 is 0 Å². The molecule has 1 rings (SSSR count). The minimum Gasteiger partial charge on any atom is 0 e. The molecule has 1 aliphatic rings. The van der Waals surface area contributed by atoms with Crippen LogP contribution in [0.2, 0.25) is 0 Å². The summed E-state index contributed by atoms with van der Waals surface area (Å²) in [5, 5.41) is 0. The zero-order chi connectivity index (χ0) is 34.6. The second-order valence-corrected chi connectivity index (χ2v) is 4.18. The molecular formula is C27H22Co4O12. The molecule has 0 saturated heterocycles. The molecule has 0 saturated carbocycles. The van der Waals surface area contributed by atoms with E-state index >= 15 is 0 Å². The van der Waals surface area contributed by atoms with Crippen molar-refractivity contribution < 1.29 is 123 Å². The van der Waals surface area contributed by atoms with Gasteiger partial charge in [-0.3, -0.25) is 0 Å². The summed E-state index contributed by atoms with van der Waals surface area (Å²) in [5.74, 6) is 13.1. The zero-order valence-corrected chi connectivity index (χ0v) is 26.2. The first-order valence-corrected chi connectivity index (χ1v) is 8.86. The van der Waals surface area contributed by atoms with Crippen LogP contribution < -0.4 is 0 Å². The van der Waals surface area contributed by atoms with Crippen LogP contribution in [0.5, 0.6) is 0 Å². The smallest absolute Gasteiger partial charge is 0 e. The Morgan fingerprint density at radius 1 is 0.209 bits per heavy atom. The molecule has 43 heavy (non-hydrogen) atoms. The maximum Gasteiger partial charge on any atom is 0 e. The fraction of sp³-hybridized carbons (Fsp3) is 0.407. The standard InChI is InChI=1S/C15H22.12CO.4Co/c1-2-4-6-8-10-12-14-15-13-11-9-7-5-3-1;12*1-2;;;;/h1-6,11-15H2;;;;;;;;;;;;;;;;. The first-order chi connectivity index (χ1) is 19.5. The second kappa shape index (κ2) is 359. The summed E-state index contributed by atoms with van der Waals surface area (Å²) in [5.41, 5.74) is 0. The van der Waals surface area contributed by atoms with E-state index < -0.39 is 0 Å². The van der Waals surface area contributed by atoms with E-state index in [1.54, 1.807) is 0 Å². The maximum atomic E-state index is 7.50. The normalized spacial score (nSPS) is 7.44. The molecule has 0 atom stereocenters. The van der Waals surface area contributed by atoms with Crippen molar-refractivity contribution in [1.29, 1.82) is 0 Å². The van der Waals surface area contributed by atoms with Gasteiger partial charge in [-0.15, -0.1) is 23.7 Å². The Kier molecular flexibility index (Phi) is 877. The van der Waals surface area contributed by atoms with Crippen molar-refractivity contribution in [2.45, 2.75) is 70.6 Å². The van der Waals surface area contributed by atoms with Gasteiger partial charge in [0.1, 0.15) is 0 Å². The third kappa shape index (κ3) is 341. The fourth-order valence-electron chi connectivity index (χ4n) is 1.74. The van der Waals surface area contributed by atoms with Crippen molar-refractivity contribution in [3.05, 3.63) is 79.8 Å². The molecule has 0 aromatic heterocycles. The largest absolute Gasteiger partial charge is 0 e. The average molecular weight is 774 g/mol. The van der Waals surface area contributed by atoms with Gasteiger partial charge in [-0.2, -0.15) is 0 Å². The molecule has 0 fully saturated rings. The van der Waals surface area contributed by atoms with Gasteiger partial charge in [-0.1, -0.05) is 19.3 Å². The quantitative estimate of drug-likeness (QED) is 0.194. The Labute approximate surface area is 295 Å². The Hall–Kier alpha value is -1.97. The van der Waals surface area contributed by atoms with Gasteiger partial charge in [-0.25, -0.2) is 0 Å². The van der Waals surface area contributed by atoms with Gasteiger partial charge in [-0.05, 0) is 25.7 Å². The van der Waals surface area contributed by atoms with Crippen LogP contribution in [0.1, 0.15) is 70.6 Å². The van der Waals surface area contributed by atoms with Crippen LogP contribution in [-0.2, 0) is 123 Å². The van der Waals surface area contributed by atoms with E-state index in [9.17, 15) is 0 Å². The summed E-state index contributed by atoms with van der Waals surface area (Å²) in [7, 11) is 0. The van der Waals surface area contributed by atoms with Gasteiger partial charge in [0.15, 0.2) is 0 Å². The van der Waals surface area contributed by atoms with Gasteiger partial charge < -0.3 is 0 Å². The third-order valence-corrected chi connectivity index (χ3v) is 2.71. The topological polar surface area (TPSA) is 239 Å². The van der Waals surface area contributed by atoms with E-state index in [1.807, 2.05) is 0 Å². The molecular weight excluding hydrogens is 752 g/mol. The summed E-state index contributed by atoms with van der Waals surface area (Å²) in [4.78, 5) is 0. The number of hydrogen-bond acceptors (Lipinski definition) is 0. The molecule has 4 radical (unpaired) electrons. The SMILES string of the molecule is C1#CCCCCCCC#CCCCCC1.[C-]#[O+].[C-]#[O+].[C-]#[O+].[C-]#[O+].[C-]#[O+].[C-]#[O+].[C-]#[O+].[C-]#[O+].[C-]#[O+].[C-]#[O+].[C-]#[O+].[C-]#[O+].[Co].[Co].[Co].[Co]. The van der Waals surface area contributed by atoms with Crippen molar-refractivity contribution in [3.63, 3.8) is 0 Å². The van der Waals surface area contributed by atoms with Crippen LogP contribution in [0.3, 0.4) is 0 Å². The van der Waals surface area contributed by atoms with Crippen LogP contribution in [0.4, 0.5) is 0 Å². The zero-order valence-electron chi connectivity index (χ0n) is 22.0. The summed E-state index contributed by atoms with van der Waals surface area (Å²) in [6, 6.07) is 0. The van der Waals surface area contributed by atoms with Crippen LogP contribution in [-0.4, -0.2) is 0 Å². The third-order valence-electron chi connectivity index (χ3n) is 2.71. The van der Waals surface area contributed by atoms with E-state index in [4.69, 9.17) is 55.8 Å². The summed E-state index contributed by atoms with van der Waals surface area (Å²) in [6.45, 7) is 54.0. The van der Waals surface area contributed by atoms with Crippen molar-refractivity contribution in [2.75, 3.05) is 0 Å². The minimum atomic E-state index is 0. The summed E-state index contributed by atoms with van der Waals surface area (Å²) in [6.07, 6.45) is 13.4. The van der Waals surface area contributed by atoms with Gasteiger partial charge in [0.2, 0.25) is 0 Å². The molecule has 16 heteroatoms. The molecule has 0 spiro atoms. The maximum absolute atomic E-state index is 7.50. The molecule has 0 aromatic rings. The van der Waals surface area contributed by atoms with Crippen LogP contribution >= 0.6 is 0 Å². The molecule has 0 amide bonds. The van der Waals surface area contributed by atoms with E-state index in [0.29, 0.717) is 0 Å². The van der Waals surface area contributed by atoms with Crippen LogP contribution in [0.15, 0.2) is 0 Å².